The average molecular weight is 434 g/mol. The molecule has 1 heterocycles. The number of nitrogens with one attached hydrogen (secondary N) is 3. The van der Waals surface area contributed by atoms with E-state index in [9.17, 15) is 22.4 Å². The summed E-state index contributed by atoms with van der Waals surface area (Å²) in [5.41, 5.74) is 4.79. The second kappa shape index (κ2) is 8.49. The average Bonchev–Trinajstić information content (AvgIpc) is 2.97. The molecule has 0 saturated heterocycles. The first-order chi connectivity index (χ1) is 14.2. The van der Waals surface area contributed by atoms with Gasteiger partial charge in [0.1, 0.15) is 23.4 Å². The molecule has 0 bridgehead atoms. The monoisotopic (exact) mass is 434 g/mol. The number of fused-ring (bicyclic) bond motifs is 1. The van der Waals surface area contributed by atoms with Crippen LogP contribution in [0.4, 0.5) is 4.39 Å². The van der Waals surface area contributed by atoms with E-state index in [1.54, 1.807) is 18.2 Å². The van der Waals surface area contributed by atoms with Gasteiger partial charge >= 0.3 is 0 Å². The zero-order valence-electron chi connectivity index (χ0n) is 16.0. The number of aliphatic imine (C=N–C) groups is 1. The largest absolute Gasteiger partial charge is 0.481 e. The summed E-state index contributed by atoms with van der Waals surface area (Å²) in [5, 5.41) is 0. The number of halogens is 1. The fourth-order valence-corrected chi connectivity index (χ4v) is 3.82. The van der Waals surface area contributed by atoms with Crippen LogP contribution < -0.4 is 20.3 Å². The standard InChI is InChI=1S/C19H19FN4O5S/c1-11(21-17-15-5-3-4-6-16(15)30(27,28)24-17)18(25)22-23-19(26)12(2)29-14-9-7-13(20)8-10-14/h3-12H,1-2H3,(H,21,24)(H,22,25)(H,23,26)/t11-,12?/m0/s1. The Bertz CT molecular complexity index is 1100. The Morgan fingerprint density at radius 3 is 2.37 bits per heavy atom. The number of hydrogen-bond donors (Lipinski definition) is 3. The maximum absolute atomic E-state index is 12.9. The predicted octanol–water partition coefficient (Wildman–Crippen LogP) is 0.868. The number of rotatable bonds is 5. The smallest absolute Gasteiger partial charge is 0.279 e. The topological polar surface area (TPSA) is 126 Å². The SMILES string of the molecule is CC(Oc1ccc(F)cc1)C(=O)NNC(=O)[C@H](C)N=C1NS(=O)(=O)c2ccccc21. The van der Waals surface area contributed by atoms with Crippen molar-refractivity contribution in [1.29, 1.82) is 0 Å². The summed E-state index contributed by atoms with van der Waals surface area (Å²) in [6, 6.07) is 10.4. The van der Waals surface area contributed by atoms with E-state index in [0.717, 1.165) is 0 Å². The van der Waals surface area contributed by atoms with Crippen LogP contribution in [0.3, 0.4) is 0 Å². The summed E-state index contributed by atoms with van der Waals surface area (Å²) in [7, 11) is -3.72. The molecule has 2 amide bonds. The van der Waals surface area contributed by atoms with Gasteiger partial charge in [0, 0.05) is 5.56 Å². The number of amides is 2. The highest BCUT2D eigenvalue weighted by Crippen LogP contribution is 2.22. The molecule has 1 aliphatic rings. The van der Waals surface area contributed by atoms with Crippen LogP contribution in [0.15, 0.2) is 58.4 Å². The highest BCUT2D eigenvalue weighted by molar-refractivity contribution is 7.90. The normalized spacial score (nSPS) is 17.4. The van der Waals surface area contributed by atoms with Gasteiger partial charge in [-0.05, 0) is 50.2 Å². The van der Waals surface area contributed by atoms with E-state index in [0.29, 0.717) is 5.56 Å². The minimum absolute atomic E-state index is 0.0487. The summed E-state index contributed by atoms with van der Waals surface area (Å²) in [6.45, 7) is 2.90. The van der Waals surface area contributed by atoms with Crippen molar-refractivity contribution in [3.8, 4) is 5.75 Å². The number of carbonyl (C=O) groups excluding carboxylic acids is 2. The van der Waals surface area contributed by atoms with Gasteiger partial charge in [0.15, 0.2) is 6.10 Å². The van der Waals surface area contributed by atoms with Gasteiger partial charge < -0.3 is 4.74 Å². The van der Waals surface area contributed by atoms with Crippen molar-refractivity contribution in [2.45, 2.75) is 30.9 Å². The first-order valence-corrected chi connectivity index (χ1v) is 10.4. The molecule has 0 fully saturated rings. The lowest BCUT2D eigenvalue weighted by molar-refractivity contribution is -0.133. The van der Waals surface area contributed by atoms with Gasteiger partial charge in [-0.3, -0.25) is 30.2 Å². The molecule has 11 heteroatoms. The summed E-state index contributed by atoms with van der Waals surface area (Å²) >= 11 is 0. The van der Waals surface area contributed by atoms with Crippen LogP contribution in [-0.2, 0) is 19.6 Å². The van der Waals surface area contributed by atoms with Gasteiger partial charge in [-0.1, -0.05) is 12.1 Å². The number of ether oxygens (including phenoxy) is 1. The third-order valence-electron chi connectivity index (χ3n) is 4.17. The Labute approximate surface area is 172 Å². The van der Waals surface area contributed by atoms with Crippen LogP contribution in [0.2, 0.25) is 0 Å². The minimum atomic E-state index is -3.72. The molecular weight excluding hydrogens is 415 g/mol. The number of hydrogen-bond acceptors (Lipinski definition) is 6. The molecule has 158 valence electrons. The van der Waals surface area contributed by atoms with Gasteiger partial charge in [-0.15, -0.1) is 0 Å². The first-order valence-electron chi connectivity index (χ1n) is 8.89. The number of sulfonamides is 1. The van der Waals surface area contributed by atoms with Gasteiger partial charge in [-0.2, -0.15) is 0 Å². The van der Waals surface area contributed by atoms with Gasteiger partial charge in [-0.25, -0.2) is 12.8 Å². The van der Waals surface area contributed by atoms with E-state index >= 15 is 0 Å². The second-order valence-corrected chi connectivity index (χ2v) is 8.10. The van der Waals surface area contributed by atoms with Crippen LogP contribution in [-0.4, -0.2) is 38.2 Å². The molecule has 0 radical (unpaired) electrons. The zero-order valence-corrected chi connectivity index (χ0v) is 16.9. The zero-order chi connectivity index (χ0) is 21.9. The molecule has 0 aliphatic carbocycles. The fourth-order valence-electron chi connectivity index (χ4n) is 2.58. The second-order valence-electron chi connectivity index (χ2n) is 6.45. The number of nitrogens with zero attached hydrogens (tertiary/aromatic N) is 1. The summed E-state index contributed by atoms with van der Waals surface area (Å²) in [5.74, 6) is -1.40. The van der Waals surface area contributed by atoms with E-state index in [4.69, 9.17) is 4.74 Å². The van der Waals surface area contributed by atoms with Crippen molar-refractivity contribution in [2.24, 2.45) is 4.99 Å². The Morgan fingerprint density at radius 1 is 1.03 bits per heavy atom. The van der Waals surface area contributed by atoms with Crippen molar-refractivity contribution in [2.75, 3.05) is 0 Å². The number of amidine groups is 1. The molecule has 3 N–H and O–H groups in total. The third-order valence-corrected chi connectivity index (χ3v) is 5.57. The van der Waals surface area contributed by atoms with Crippen LogP contribution in [0, 0.1) is 5.82 Å². The number of hydrazine groups is 1. The van der Waals surface area contributed by atoms with E-state index in [2.05, 4.69) is 20.6 Å². The van der Waals surface area contributed by atoms with Crippen molar-refractivity contribution in [1.82, 2.24) is 15.6 Å². The molecule has 1 unspecified atom stereocenters. The van der Waals surface area contributed by atoms with Crippen LogP contribution in [0.5, 0.6) is 5.75 Å². The lowest BCUT2D eigenvalue weighted by Crippen LogP contribution is -2.49. The molecule has 0 aromatic heterocycles. The summed E-state index contributed by atoms with van der Waals surface area (Å²) in [4.78, 5) is 28.5. The third kappa shape index (κ3) is 4.74. The Morgan fingerprint density at radius 2 is 1.67 bits per heavy atom. The summed E-state index contributed by atoms with van der Waals surface area (Å²) < 4.78 is 44.7. The molecule has 9 nitrogen and oxygen atoms in total. The van der Waals surface area contributed by atoms with Gasteiger partial charge in [0.05, 0.1) is 4.90 Å². The van der Waals surface area contributed by atoms with Crippen LogP contribution >= 0.6 is 0 Å². The van der Waals surface area contributed by atoms with Gasteiger partial charge in [0.2, 0.25) is 0 Å². The molecular formula is C19H19FN4O5S. The van der Waals surface area contributed by atoms with E-state index in [1.807, 2.05) is 0 Å². The Kier molecular flexibility index (Phi) is 6.01. The van der Waals surface area contributed by atoms with Crippen molar-refractivity contribution >= 4 is 27.7 Å². The molecule has 3 rings (SSSR count). The molecule has 2 aromatic carbocycles. The van der Waals surface area contributed by atoms with Crippen LogP contribution in [0.1, 0.15) is 19.4 Å². The molecule has 1 aliphatic heterocycles. The quantitative estimate of drug-likeness (QED) is 0.602. The highest BCUT2D eigenvalue weighted by atomic mass is 32.2. The molecule has 30 heavy (non-hydrogen) atoms. The molecule has 0 spiro atoms. The molecule has 2 atom stereocenters. The lowest BCUT2D eigenvalue weighted by Gasteiger charge is -2.16. The number of benzene rings is 2. The number of carbonyl (C=O) groups is 2. The highest BCUT2D eigenvalue weighted by Gasteiger charge is 2.31. The maximum Gasteiger partial charge on any atom is 0.279 e. The maximum atomic E-state index is 12.9. The lowest BCUT2D eigenvalue weighted by atomic mass is 10.2. The minimum Gasteiger partial charge on any atom is -0.481 e. The van der Waals surface area contributed by atoms with E-state index in [1.165, 1.54) is 44.2 Å². The Hall–Kier alpha value is -3.47. The Balaban J connectivity index is 1.58. The first kappa shape index (κ1) is 21.2. The van der Waals surface area contributed by atoms with Crippen molar-refractivity contribution in [3.05, 3.63) is 59.9 Å². The van der Waals surface area contributed by atoms with Crippen molar-refractivity contribution in [3.63, 3.8) is 0 Å². The van der Waals surface area contributed by atoms with Crippen LogP contribution in [0.25, 0.3) is 0 Å². The van der Waals surface area contributed by atoms with Crippen molar-refractivity contribution < 1.29 is 27.1 Å². The summed E-state index contributed by atoms with van der Waals surface area (Å²) in [6.07, 6.45) is -0.967. The van der Waals surface area contributed by atoms with Gasteiger partial charge in [0.25, 0.3) is 21.8 Å². The molecule has 2 aromatic rings. The fraction of sp³-hybridized carbons (Fsp3) is 0.211. The molecule has 0 saturated carbocycles. The van der Waals surface area contributed by atoms with E-state index in [-0.39, 0.29) is 16.5 Å². The van der Waals surface area contributed by atoms with E-state index < -0.39 is 39.8 Å². The predicted molar refractivity (Wildman–Crippen MR) is 106 cm³/mol.